The summed E-state index contributed by atoms with van der Waals surface area (Å²) in [6.07, 6.45) is 8.96. The van der Waals surface area contributed by atoms with Crippen LogP contribution in [-0.4, -0.2) is 42.3 Å². The SMILES string of the molecule is CCCC(=O)NC1CCC(CCN2CCC(C(=O)c3ccc(F)cc3Cl)CC2)CC1. The molecule has 1 amide bonds. The van der Waals surface area contributed by atoms with E-state index in [1.54, 1.807) is 0 Å². The standard InChI is InChI=1S/C24H34ClFN2O2/c1-2-3-23(29)27-20-7-4-17(5-8-20)10-13-28-14-11-18(12-15-28)24(30)21-9-6-19(26)16-22(21)25/h6,9,16-18,20H,2-5,7-8,10-15H2,1H3,(H,27,29). The first-order valence-electron chi connectivity index (χ1n) is 11.5. The molecule has 166 valence electrons. The lowest BCUT2D eigenvalue weighted by Gasteiger charge is -2.34. The maximum absolute atomic E-state index is 13.2. The van der Waals surface area contributed by atoms with Crippen molar-refractivity contribution < 1.29 is 14.0 Å². The van der Waals surface area contributed by atoms with E-state index in [4.69, 9.17) is 11.6 Å². The Labute approximate surface area is 184 Å². The summed E-state index contributed by atoms with van der Waals surface area (Å²) < 4.78 is 13.2. The van der Waals surface area contributed by atoms with Crippen molar-refractivity contribution in [2.75, 3.05) is 19.6 Å². The third kappa shape index (κ3) is 6.52. The van der Waals surface area contributed by atoms with Crippen LogP contribution in [-0.2, 0) is 4.79 Å². The van der Waals surface area contributed by atoms with Gasteiger partial charge in [0.05, 0.1) is 5.02 Å². The lowest BCUT2D eigenvalue weighted by Crippen LogP contribution is -2.39. The zero-order valence-corrected chi connectivity index (χ0v) is 18.7. The van der Waals surface area contributed by atoms with E-state index in [0.717, 1.165) is 57.7 Å². The van der Waals surface area contributed by atoms with E-state index in [2.05, 4.69) is 10.2 Å². The fourth-order valence-corrected chi connectivity index (χ4v) is 5.08. The monoisotopic (exact) mass is 436 g/mol. The number of hydrogen-bond donors (Lipinski definition) is 1. The highest BCUT2D eigenvalue weighted by Crippen LogP contribution is 2.29. The van der Waals surface area contributed by atoms with Crippen molar-refractivity contribution in [1.82, 2.24) is 10.2 Å². The summed E-state index contributed by atoms with van der Waals surface area (Å²) >= 11 is 6.07. The van der Waals surface area contributed by atoms with Gasteiger partial charge in [-0.2, -0.15) is 0 Å². The van der Waals surface area contributed by atoms with Crippen LogP contribution >= 0.6 is 11.6 Å². The number of rotatable bonds is 8. The van der Waals surface area contributed by atoms with Crippen LogP contribution < -0.4 is 5.32 Å². The number of halogens is 2. The molecule has 1 saturated heterocycles. The molecule has 1 N–H and O–H groups in total. The summed E-state index contributed by atoms with van der Waals surface area (Å²) in [7, 11) is 0. The molecular weight excluding hydrogens is 403 g/mol. The summed E-state index contributed by atoms with van der Waals surface area (Å²) in [6, 6.07) is 4.39. The predicted molar refractivity (Wildman–Crippen MR) is 118 cm³/mol. The van der Waals surface area contributed by atoms with Gasteiger partial charge in [0, 0.05) is 23.9 Å². The van der Waals surface area contributed by atoms with Gasteiger partial charge in [-0.25, -0.2) is 4.39 Å². The van der Waals surface area contributed by atoms with Gasteiger partial charge < -0.3 is 10.2 Å². The van der Waals surface area contributed by atoms with E-state index in [1.165, 1.54) is 37.5 Å². The Bertz CT molecular complexity index is 726. The first kappa shape index (κ1) is 23.2. The van der Waals surface area contributed by atoms with Crippen LogP contribution in [0.5, 0.6) is 0 Å². The zero-order valence-electron chi connectivity index (χ0n) is 18.0. The van der Waals surface area contributed by atoms with E-state index < -0.39 is 5.82 Å². The minimum absolute atomic E-state index is 0.0219. The molecule has 0 spiro atoms. The molecule has 0 unspecified atom stereocenters. The molecule has 1 aliphatic heterocycles. The zero-order chi connectivity index (χ0) is 21.5. The van der Waals surface area contributed by atoms with E-state index in [9.17, 15) is 14.0 Å². The van der Waals surface area contributed by atoms with E-state index >= 15 is 0 Å². The van der Waals surface area contributed by atoms with Crippen molar-refractivity contribution in [3.63, 3.8) is 0 Å². The maximum atomic E-state index is 13.2. The molecule has 2 aliphatic rings. The molecule has 6 heteroatoms. The molecule has 1 aliphatic carbocycles. The number of piperidine rings is 1. The molecule has 0 radical (unpaired) electrons. The second-order valence-electron chi connectivity index (χ2n) is 8.93. The molecule has 4 nitrogen and oxygen atoms in total. The number of carbonyl (C=O) groups excluding carboxylic acids is 2. The summed E-state index contributed by atoms with van der Waals surface area (Å²) in [5, 5.41) is 3.38. The van der Waals surface area contributed by atoms with Gasteiger partial charge in [0.25, 0.3) is 0 Å². The Kier molecular flexibility index (Phi) is 8.70. The third-order valence-electron chi connectivity index (χ3n) is 6.70. The van der Waals surface area contributed by atoms with E-state index in [-0.39, 0.29) is 22.6 Å². The van der Waals surface area contributed by atoms with Crippen molar-refractivity contribution in [2.45, 2.75) is 70.8 Å². The largest absolute Gasteiger partial charge is 0.353 e. The number of nitrogens with zero attached hydrogens (tertiary/aromatic N) is 1. The van der Waals surface area contributed by atoms with Crippen molar-refractivity contribution in [3.8, 4) is 0 Å². The predicted octanol–water partition coefficient (Wildman–Crippen LogP) is 5.24. The molecule has 0 bridgehead atoms. The molecule has 0 aromatic heterocycles. The van der Waals surface area contributed by atoms with Crippen LogP contribution in [0, 0.1) is 17.7 Å². The van der Waals surface area contributed by atoms with E-state index in [0.29, 0.717) is 18.0 Å². The Morgan fingerprint density at radius 1 is 1.13 bits per heavy atom. The molecule has 1 heterocycles. The van der Waals surface area contributed by atoms with Crippen molar-refractivity contribution >= 4 is 23.3 Å². The number of hydrogen-bond acceptors (Lipinski definition) is 3. The molecule has 0 atom stereocenters. The number of amides is 1. The number of Topliss-reactive ketones (excluding diaryl/α,β-unsaturated/α-hetero) is 1. The number of benzene rings is 1. The van der Waals surface area contributed by atoms with Crippen LogP contribution in [0.3, 0.4) is 0 Å². The van der Waals surface area contributed by atoms with Crippen LogP contribution in [0.4, 0.5) is 4.39 Å². The Balaban J connectivity index is 1.35. The lowest BCUT2D eigenvalue weighted by molar-refractivity contribution is -0.122. The first-order chi connectivity index (χ1) is 14.5. The van der Waals surface area contributed by atoms with Crippen molar-refractivity contribution in [1.29, 1.82) is 0 Å². The fourth-order valence-electron chi connectivity index (χ4n) is 4.82. The van der Waals surface area contributed by atoms with Gasteiger partial charge in [0.2, 0.25) is 5.91 Å². The average Bonchev–Trinajstić information content (AvgIpc) is 2.73. The molecule has 2 fully saturated rings. The highest BCUT2D eigenvalue weighted by Gasteiger charge is 2.28. The second kappa shape index (κ2) is 11.2. The molecule has 1 saturated carbocycles. The Hall–Kier alpha value is -1.46. The normalized spacial score (nSPS) is 23.3. The number of ketones is 1. The van der Waals surface area contributed by atoms with Crippen molar-refractivity contribution in [3.05, 3.63) is 34.6 Å². The molecule has 1 aromatic carbocycles. The molecule has 30 heavy (non-hydrogen) atoms. The molecule has 3 rings (SSSR count). The van der Waals surface area contributed by atoms with Gasteiger partial charge >= 0.3 is 0 Å². The van der Waals surface area contributed by atoms with Crippen LogP contribution in [0.15, 0.2) is 18.2 Å². The first-order valence-corrected chi connectivity index (χ1v) is 11.8. The number of carbonyl (C=O) groups is 2. The highest BCUT2D eigenvalue weighted by molar-refractivity contribution is 6.34. The summed E-state index contributed by atoms with van der Waals surface area (Å²) in [6.45, 7) is 4.97. The van der Waals surface area contributed by atoms with Crippen molar-refractivity contribution in [2.24, 2.45) is 11.8 Å². The highest BCUT2D eigenvalue weighted by atomic mass is 35.5. The summed E-state index contributed by atoms with van der Waals surface area (Å²) in [5.74, 6) is 0.542. The Morgan fingerprint density at radius 3 is 2.47 bits per heavy atom. The van der Waals surface area contributed by atoms with Crippen LogP contribution in [0.2, 0.25) is 5.02 Å². The Morgan fingerprint density at radius 2 is 1.83 bits per heavy atom. The van der Waals surface area contributed by atoms with E-state index in [1.807, 2.05) is 6.92 Å². The maximum Gasteiger partial charge on any atom is 0.220 e. The van der Waals surface area contributed by atoms with Crippen LogP contribution in [0.25, 0.3) is 0 Å². The smallest absolute Gasteiger partial charge is 0.220 e. The summed E-state index contributed by atoms with van der Waals surface area (Å²) in [5.41, 5.74) is 0.444. The summed E-state index contributed by atoms with van der Waals surface area (Å²) in [4.78, 5) is 27.0. The van der Waals surface area contributed by atoms with Gasteiger partial charge in [-0.3, -0.25) is 9.59 Å². The van der Waals surface area contributed by atoms with Crippen LogP contribution in [0.1, 0.15) is 75.1 Å². The van der Waals surface area contributed by atoms with Gasteiger partial charge in [-0.1, -0.05) is 18.5 Å². The van der Waals surface area contributed by atoms with Gasteiger partial charge in [0.15, 0.2) is 5.78 Å². The van der Waals surface area contributed by atoms with Gasteiger partial charge in [0.1, 0.15) is 5.82 Å². The topological polar surface area (TPSA) is 49.4 Å². The quantitative estimate of drug-likeness (QED) is 0.567. The third-order valence-corrected chi connectivity index (χ3v) is 7.01. The fraction of sp³-hybridized carbons (Fsp3) is 0.667. The minimum atomic E-state index is -0.413. The van der Waals surface area contributed by atoms with Gasteiger partial charge in [-0.05, 0) is 95.1 Å². The second-order valence-corrected chi connectivity index (χ2v) is 9.34. The number of likely N-dealkylation sites (tertiary alicyclic amines) is 1. The van der Waals surface area contributed by atoms with Gasteiger partial charge in [-0.15, -0.1) is 0 Å². The lowest BCUT2D eigenvalue weighted by atomic mass is 9.83. The molecular formula is C24H34ClFN2O2. The average molecular weight is 437 g/mol. The minimum Gasteiger partial charge on any atom is -0.353 e. The number of nitrogens with one attached hydrogen (secondary N) is 1. The molecule has 1 aromatic rings.